The Hall–Kier alpha value is -1.47. The minimum absolute atomic E-state index is 0.00179. The summed E-state index contributed by atoms with van der Waals surface area (Å²) in [4.78, 5) is 11.6. The number of nitrogens with one attached hydrogen (secondary N) is 2. The van der Waals surface area contributed by atoms with Crippen LogP contribution in [0.4, 0.5) is 23.7 Å². The van der Waals surface area contributed by atoms with Gasteiger partial charge in [0.15, 0.2) is 0 Å². The van der Waals surface area contributed by atoms with Crippen LogP contribution >= 0.6 is 11.6 Å². The number of alkyl halides is 3. The van der Waals surface area contributed by atoms with E-state index in [4.69, 9.17) is 16.7 Å². The van der Waals surface area contributed by atoms with Gasteiger partial charge in [-0.25, -0.2) is 4.79 Å². The zero-order chi connectivity index (χ0) is 15.7. The summed E-state index contributed by atoms with van der Waals surface area (Å²) in [7, 11) is 0. The van der Waals surface area contributed by atoms with Crippen LogP contribution in [-0.2, 0) is 6.18 Å². The maximum atomic E-state index is 12.7. The van der Waals surface area contributed by atoms with E-state index in [2.05, 4.69) is 10.6 Å². The third-order valence-corrected chi connectivity index (χ3v) is 3.78. The van der Waals surface area contributed by atoms with Gasteiger partial charge in [0, 0.05) is 17.6 Å². The number of hydrogen-bond acceptors (Lipinski definition) is 2. The van der Waals surface area contributed by atoms with Gasteiger partial charge in [0.25, 0.3) is 0 Å². The Bertz CT molecular complexity index is 545. The Morgan fingerprint density at radius 3 is 2.57 bits per heavy atom. The minimum Gasteiger partial charge on any atom is -0.396 e. The summed E-state index contributed by atoms with van der Waals surface area (Å²) in [5.41, 5.74) is -1.27. The molecule has 0 unspecified atom stereocenters. The van der Waals surface area contributed by atoms with Crippen molar-refractivity contribution in [2.45, 2.75) is 19.0 Å². The van der Waals surface area contributed by atoms with Gasteiger partial charge < -0.3 is 15.7 Å². The molecular weight excluding hydrogens is 309 g/mol. The number of aliphatic hydroxyl groups is 1. The first kappa shape index (κ1) is 15.9. The van der Waals surface area contributed by atoms with Crippen molar-refractivity contribution in [1.29, 1.82) is 0 Å². The monoisotopic (exact) mass is 322 g/mol. The Morgan fingerprint density at radius 1 is 1.38 bits per heavy atom. The van der Waals surface area contributed by atoms with E-state index in [-0.39, 0.29) is 24.3 Å². The van der Waals surface area contributed by atoms with Gasteiger partial charge in [0.05, 0.1) is 17.2 Å². The second kappa shape index (κ2) is 5.73. The lowest BCUT2D eigenvalue weighted by molar-refractivity contribution is -0.137. The van der Waals surface area contributed by atoms with E-state index < -0.39 is 22.8 Å². The highest BCUT2D eigenvalue weighted by atomic mass is 35.5. The van der Waals surface area contributed by atoms with Crippen LogP contribution in [0.3, 0.4) is 0 Å². The van der Waals surface area contributed by atoms with Crippen molar-refractivity contribution < 1.29 is 23.1 Å². The maximum absolute atomic E-state index is 12.7. The largest absolute Gasteiger partial charge is 0.417 e. The van der Waals surface area contributed by atoms with Crippen molar-refractivity contribution >= 4 is 23.3 Å². The summed E-state index contributed by atoms with van der Waals surface area (Å²) in [6.07, 6.45) is -2.94. The topological polar surface area (TPSA) is 61.4 Å². The van der Waals surface area contributed by atoms with Crippen LogP contribution in [0.2, 0.25) is 5.02 Å². The molecule has 21 heavy (non-hydrogen) atoms. The maximum Gasteiger partial charge on any atom is 0.417 e. The molecule has 3 N–H and O–H groups in total. The number of urea groups is 1. The minimum atomic E-state index is -4.58. The van der Waals surface area contributed by atoms with Gasteiger partial charge in [-0.3, -0.25) is 0 Å². The summed E-state index contributed by atoms with van der Waals surface area (Å²) < 4.78 is 38.1. The molecule has 116 valence electrons. The van der Waals surface area contributed by atoms with E-state index in [0.717, 1.165) is 25.0 Å². The van der Waals surface area contributed by atoms with Crippen LogP contribution in [0.15, 0.2) is 18.2 Å². The second-order valence-corrected chi connectivity index (χ2v) is 5.57. The Kier molecular flexibility index (Phi) is 4.34. The summed E-state index contributed by atoms with van der Waals surface area (Å²) in [5, 5.41) is 13.5. The third-order valence-electron chi connectivity index (χ3n) is 3.45. The van der Waals surface area contributed by atoms with Crippen LogP contribution in [-0.4, -0.2) is 24.3 Å². The first-order valence-electron chi connectivity index (χ1n) is 6.28. The van der Waals surface area contributed by atoms with Crippen LogP contribution < -0.4 is 10.6 Å². The molecule has 0 saturated heterocycles. The lowest BCUT2D eigenvalue weighted by Crippen LogP contribution is -2.35. The summed E-state index contributed by atoms with van der Waals surface area (Å²) in [6.45, 7) is 0.265. The molecule has 0 aromatic heterocycles. The van der Waals surface area contributed by atoms with Crippen molar-refractivity contribution in [2.24, 2.45) is 5.41 Å². The summed E-state index contributed by atoms with van der Waals surface area (Å²) in [5.74, 6) is 0. The van der Waals surface area contributed by atoms with E-state index in [1.807, 2.05) is 0 Å². The highest BCUT2D eigenvalue weighted by molar-refractivity contribution is 6.31. The third kappa shape index (κ3) is 4.01. The van der Waals surface area contributed by atoms with Gasteiger partial charge >= 0.3 is 12.2 Å². The Balaban J connectivity index is 1.98. The molecule has 0 radical (unpaired) electrons. The zero-order valence-corrected chi connectivity index (χ0v) is 11.7. The molecule has 0 bridgehead atoms. The molecule has 4 nitrogen and oxygen atoms in total. The lowest BCUT2D eigenvalue weighted by atomic mass is 10.1. The number of carbonyl (C=O) groups is 1. The number of benzene rings is 1. The number of amides is 2. The van der Waals surface area contributed by atoms with E-state index >= 15 is 0 Å². The highest BCUT2D eigenvalue weighted by Crippen LogP contribution is 2.44. The van der Waals surface area contributed by atoms with Crippen LogP contribution in [0.1, 0.15) is 18.4 Å². The molecule has 1 aromatic rings. The number of halogens is 4. The van der Waals surface area contributed by atoms with Gasteiger partial charge in [-0.15, -0.1) is 0 Å². The van der Waals surface area contributed by atoms with Crippen LogP contribution in [0.5, 0.6) is 0 Å². The van der Waals surface area contributed by atoms with Crippen LogP contribution in [0, 0.1) is 5.41 Å². The zero-order valence-electron chi connectivity index (χ0n) is 10.9. The van der Waals surface area contributed by atoms with Gasteiger partial charge in [-0.1, -0.05) is 11.6 Å². The van der Waals surface area contributed by atoms with Gasteiger partial charge in [-0.05, 0) is 31.0 Å². The first-order chi connectivity index (χ1) is 9.76. The molecule has 2 amide bonds. The first-order valence-corrected chi connectivity index (χ1v) is 6.66. The molecule has 1 saturated carbocycles. The van der Waals surface area contributed by atoms with E-state index in [1.165, 1.54) is 6.07 Å². The van der Waals surface area contributed by atoms with Crippen molar-refractivity contribution in [2.75, 3.05) is 18.5 Å². The Morgan fingerprint density at radius 2 is 2.05 bits per heavy atom. The highest BCUT2D eigenvalue weighted by Gasteiger charge is 2.42. The van der Waals surface area contributed by atoms with Gasteiger partial charge in [0.2, 0.25) is 0 Å². The molecule has 8 heteroatoms. The lowest BCUT2D eigenvalue weighted by Gasteiger charge is -2.14. The molecule has 0 aliphatic heterocycles. The molecule has 1 fully saturated rings. The molecule has 2 rings (SSSR count). The van der Waals surface area contributed by atoms with Crippen molar-refractivity contribution in [3.05, 3.63) is 28.8 Å². The molecule has 1 aliphatic rings. The van der Waals surface area contributed by atoms with E-state index in [1.54, 1.807) is 0 Å². The van der Waals surface area contributed by atoms with Gasteiger partial charge in [-0.2, -0.15) is 13.2 Å². The van der Waals surface area contributed by atoms with Crippen molar-refractivity contribution in [1.82, 2.24) is 5.32 Å². The number of hydrogen-bond donors (Lipinski definition) is 3. The standard InChI is InChI=1S/C13H14ClF3N2O2/c14-10-2-1-8(5-9(10)13(15,16)17)19-11(21)18-6-12(7-20)3-4-12/h1-2,5,20H,3-4,6-7H2,(H2,18,19,21). The molecule has 1 aliphatic carbocycles. The predicted molar refractivity (Wildman–Crippen MR) is 72.2 cm³/mol. The molecule has 0 heterocycles. The van der Waals surface area contributed by atoms with Crippen LogP contribution in [0.25, 0.3) is 0 Å². The fraction of sp³-hybridized carbons (Fsp3) is 0.462. The number of rotatable bonds is 4. The van der Waals surface area contributed by atoms with E-state index in [0.29, 0.717) is 0 Å². The average Bonchev–Trinajstić information content (AvgIpc) is 3.18. The summed E-state index contributed by atoms with van der Waals surface area (Å²) >= 11 is 5.49. The number of anilines is 1. The molecule has 0 spiro atoms. The second-order valence-electron chi connectivity index (χ2n) is 5.16. The predicted octanol–water partition coefficient (Wildman–Crippen LogP) is 3.25. The van der Waals surface area contributed by atoms with Crippen molar-refractivity contribution in [3.8, 4) is 0 Å². The van der Waals surface area contributed by atoms with E-state index in [9.17, 15) is 18.0 Å². The fourth-order valence-electron chi connectivity index (χ4n) is 1.83. The van der Waals surface area contributed by atoms with Gasteiger partial charge in [0.1, 0.15) is 0 Å². The summed E-state index contributed by atoms with van der Waals surface area (Å²) in [6, 6.07) is 2.53. The normalized spacial score (nSPS) is 16.4. The SMILES string of the molecule is O=C(NCC1(CO)CC1)Nc1ccc(Cl)c(C(F)(F)F)c1. The smallest absolute Gasteiger partial charge is 0.396 e. The average molecular weight is 323 g/mol. The molecular formula is C13H14ClF3N2O2. The Labute approximate surface area is 124 Å². The van der Waals surface area contributed by atoms with Crippen molar-refractivity contribution in [3.63, 3.8) is 0 Å². The molecule has 1 aromatic carbocycles. The number of aliphatic hydroxyl groups excluding tert-OH is 1. The number of carbonyl (C=O) groups excluding carboxylic acids is 1. The molecule has 0 atom stereocenters. The fourth-order valence-corrected chi connectivity index (χ4v) is 2.06. The quantitative estimate of drug-likeness (QED) is 0.797.